The molecule has 0 atom stereocenters. The fraction of sp³-hybridized carbons (Fsp3) is 0.318. The number of aliphatic carboxylic acids is 1. The van der Waals surface area contributed by atoms with Gasteiger partial charge in [0.25, 0.3) is 0 Å². The van der Waals surface area contributed by atoms with Crippen LogP contribution < -0.4 is 9.64 Å². The molecule has 31 heavy (non-hydrogen) atoms. The predicted octanol–water partition coefficient (Wildman–Crippen LogP) is 6.79. The first kappa shape index (κ1) is 23.6. The van der Waals surface area contributed by atoms with Crippen molar-refractivity contribution in [3.8, 4) is 5.75 Å². The zero-order valence-electron chi connectivity index (χ0n) is 17.2. The molecule has 3 rings (SSSR count). The zero-order valence-corrected chi connectivity index (χ0v) is 19.6. The lowest BCUT2D eigenvalue weighted by Gasteiger charge is -2.40. The third-order valence-corrected chi connectivity index (χ3v) is 8.38. The number of ether oxygens (including phenoxy) is 1. The molecule has 3 N–H and O–H groups in total. The molecule has 0 fully saturated rings. The fourth-order valence-corrected chi connectivity index (χ4v) is 6.47. The van der Waals surface area contributed by atoms with Crippen molar-refractivity contribution >= 4 is 43.9 Å². The van der Waals surface area contributed by atoms with E-state index in [4.69, 9.17) is 9.84 Å². The molecule has 0 aliphatic carbocycles. The second-order valence-electron chi connectivity index (χ2n) is 7.58. The Kier molecular flexibility index (Phi) is 7.00. The van der Waals surface area contributed by atoms with Crippen molar-refractivity contribution in [1.82, 2.24) is 0 Å². The Labute approximate surface area is 190 Å². The first-order chi connectivity index (χ1) is 14.6. The third kappa shape index (κ3) is 4.90. The van der Waals surface area contributed by atoms with Crippen molar-refractivity contribution in [2.24, 2.45) is 5.41 Å². The van der Waals surface area contributed by atoms with Gasteiger partial charge in [-0.1, -0.05) is 32.0 Å². The van der Waals surface area contributed by atoms with E-state index in [2.05, 4.69) is 20.8 Å². The number of carboxylic acids is 1. The van der Waals surface area contributed by atoms with Crippen LogP contribution in [0.15, 0.2) is 63.9 Å². The summed E-state index contributed by atoms with van der Waals surface area (Å²) in [5, 5.41) is 8.70. The van der Waals surface area contributed by atoms with E-state index in [1.807, 2.05) is 44.2 Å². The number of rotatable bonds is 6. The Bertz CT molecular complexity index is 995. The van der Waals surface area contributed by atoms with Crippen LogP contribution in [0.2, 0.25) is 0 Å². The summed E-state index contributed by atoms with van der Waals surface area (Å²) in [4.78, 5) is 13.0. The first-order valence-electron chi connectivity index (χ1n) is 9.80. The van der Waals surface area contributed by atoms with Crippen molar-refractivity contribution < 1.29 is 28.1 Å². The van der Waals surface area contributed by atoms with Gasteiger partial charge in [-0.3, -0.25) is 9.11 Å². The van der Waals surface area contributed by atoms with Gasteiger partial charge < -0.3 is 14.7 Å². The van der Waals surface area contributed by atoms with Gasteiger partial charge in [0.2, 0.25) is 5.83 Å². The van der Waals surface area contributed by atoms with Crippen molar-refractivity contribution in [2.75, 3.05) is 17.2 Å². The predicted molar refractivity (Wildman–Crippen MR) is 124 cm³/mol. The Morgan fingerprint density at radius 2 is 1.90 bits per heavy atom. The molecule has 0 spiro atoms. The number of fused-ring (bicyclic) bond motifs is 1. The van der Waals surface area contributed by atoms with Crippen LogP contribution in [0.25, 0.3) is 0 Å². The molecule has 1 heterocycles. The average molecular weight is 514 g/mol. The second-order valence-corrected chi connectivity index (χ2v) is 10.5. The molecule has 9 heteroatoms. The number of carboxylic acid groups (broad SMARTS) is 1. The van der Waals surface area contributed by atoms with Crippen LogP contribution in [0.3, 0.4) is 0 Å². The van der Waals surface area contributed by atoms with E-state index in [1.165, 1.54) is 6.07 Å². The monoisotopic (exact) mass is 513 g/mol. The van der Waals surface area contributed by atoms with E-state index in [9.17, 15) is 18.3 Å². The van der Waals surface area contributed by atoms with Gasteiger partial charge >= 0.3 is 5.97 Å². The van der Waals surface area contributed by atoms with Crippen molar-refractivity contribution in [2.45, 2.75) is 31.6 Å². The zero-order chi connectivity index (χ0) is 22.8. The van der Waals surface area contributed by atoms with Gasteiger partial charge in [-0.05, 0) is 47.0 Å². The molecule has 2 aromatic carbocycles. The van der Waals surface area contributed by atoms with Crippen molar-refractivity contribution in [3.63, 3.8) is 0 Å². The lowest BCUT2D eigenvalue weighted by atomic mass is 9.83. The first-order valence-corrected chi connectivity index (χ1v) is 12.3. The number of benzene rings is 2. The summed E-state index contributed by atoms with van der Waals surface area (Å²) in [7, 11) is -3.22. The molecule has 0 amide bonds. The largest absolute Gasteiger partial charge is 0.476 e. The van der Waals surface area contributed by atoms with Crippen LogP contribution >= 0.6 is 26.5 Å². The number of anilines is 2. The van der Waals surface area contributed by atoms with Gasteiger partial charge in [0.05, 0.1) is 15.1 Å². The molecule has 1 aliphatic heterocycles. The standard InChI is InChI=1S/C22H25BrFNO5S/c1-3-22(4-2)13-25(15-8-6-5-7-9-15)18-10-16(23)19(30-12-17(24)21(26)27)11-20(18)31(28,29)14-22/h5-12,28-29H,3-4,13-14H2,1-2H3,(H,26,27)/b17-12-. The summed E-state index contributed by atoms with van der Waals surface area (Å²) >= 11 is 3.38. The highest BCUT2D eigenvalue weighted by Crippen LogP contribution is 2.61. The summed E-state index contributed by atoms with van der Waals surface area (Å²) in [6.07, 6.45) is 2.00. The van der Waals surface area contributed by atoms with E-state index in [0.29, 0.717) is 23.0 Å². The summed E-state index contributed by atoms with van der Waals surface area (Å²) in [6, 6.07) is 12.8. The molecule has 0 aromatic heterocycles. The van der Waals surface area contributed by atoms with Gasteiger partial charge in [0.15, 0.2) is 0 Å². The number of carbonyl (C=O) groups is 1. The van der Waals surface area contributed by atoms with E-state index in [-0.39, 0.29) is 21.8 Å². The van der Waals surface area contributed by atoms with Crippen LogP contribution in [0.5, 0.6) is 5.75 Å². The minimum atomic E-state index is -3.22. The number of halogens is 2. The summed E-state index contributed by atoms with van der Waals surface area (Å²) in [5.41, 5.74) is 1.18. The minimum absolute atomic E-state index is 0.0867. The quantitative estimate of drug-likeness (QED) is 0.291. The Balaban J connectivity index is 2.19. The molecular weight excluding hydrogens is 489 g/mol. The van der Waals surface area contributed by atoms with E-state index >= 15 is 0 Å². The van der Waals surface area contributed by atoms with Gasteiger partial charge in [0.1, 0.15) is 12.0 Å². The smallest absolute Gasteiger partial charge is 0.368 e. The lowest BCUT2D eigenvalue weighted by Crippen LogP contribution is -2.36. The molecule has 0 bridgehead atoms. The normalized spacial score (nSPS) is 18.6. The SMILES string of the molecule is CCC1(CC)CN(c2ccccc2)c2cc(Br)c(O/C=C(\F)C(=O)O)cc2S(O)(O)C1. The number of hydrogen-bond donors (Lipinski definition) is 3. The molecule has 6 nitrogen and oxygen atoms in total. The highest BCUT2D eigenvalue weighted by atomic mass is 79.9. The molecule has 0 saturated carbocycles. The van der Waals surface area contributed by atoms with E-state index in [1.54, 1.807) is 6.07 Å². The van der Waals surface area contributed by atoms with Gasteiger partial charge in [-0.15, -0.1) is 0 Å². The van der Waals surface area contributed by atoms with Crippen LogP contribution in [-0.2, 0) is 4.79 Å². The van der Waals surface area contributed by atoms with Gasteiger partial charge in [-0.25, -0.2) is 4.79 Å². The maximum atomic E-state index is 13.4. The van der Waals surface area contributed by atoms with Gasteiger partial charge in [-0.2, -0.15) is 15.0 Å². The fourth-order valence-electron chi connectivity index (χ4n) is 3.74. The Morgan fingerprint density at radius 1 is 1.26 bits per heavy atom. The minimum Gasteiger partial charge on any atom is -0.476 e. The Morgan fingerprint density at radius 3 is 2.48 bits per heavy atom. The van der Waals surface area contributed by atoms with Crippen LogP contribution in [-0.4, -0.2) is 32.5 Å². The highest BCUT2D eigenvalue weighted by Gasteiger charge is 2.41. The average Bonchev–Trinajstić information content (AvgIpc) is 2.84. The highest BCUT2D eigenvalue weighted by molar-refractivity contribution is 9.10. The maximum Gasteiger partial charge on any atom is 0.368 e. The second kappa shape index (κ2) is 9.20. The van der Waals surface area contributed by atoms with Crippen LogP contribution in [0.4, 0.5) is 15.8 Å². The summed E-state index contributed by atoms with van der Waals surface area (Å²) < 4.78 is 41.5. The van der Waals surface area contributed by atoms with Crippen LogP contribution in [0, 0.1) is 5.41 Å². The number of para-hydroxylation sites is 1. The molecule has 0 radical (unpaired) electrons. The van der Waals surface area contributed by atoms with Crippen molar-refractivity contribution in [3.05, 3.63) is 59.0 Å². The summed E-state index contributed by atoms with van der Waals surface area (Å²) in [6.45, 7) is 4.68. The maximum absolute atomic E-state index is 13.4. The third-order valence-electron chi connectivity index (χ3n) is 5.72. The number of hydrogen-bond acceptors (Lipinski definition) is 5. The van der Waals surface area contributed by atoms with Crippen LogP contribution in [0.1, 0.15) is 26.7 Å². The number of nitrogens with zero attached hydrogens (tertiary/aromatic N) is 1. The molecule has 0 saturated heterocycles. The van der Waals surface area contributed by atoms with Crippen molar-refractivity contribution in [1.29, 1.82) is 0 Å². The van der Waals surface area contributed by atoms with E-state index in [0.717, 1.165) is 18.5 Å². The molecular formula is C22H25BrFNO5S. The summed E-state index contributed by atoms with van der Waals surface area (Å²) in [5.74, 6) is -2.94. The molecule has 1 aliphatic rings. The van der Waals surface area contributed by atoms with E-state index < -0.39 is 22.4 Å². The topological polar surface area (TPSA) is 90.2 Å². The lowest BCUT2D eigenvalue weighted by molar-refractivity contribution is -0.134. The molecule has 0 unspecified atom stereocenters. The molecule has 168 valence electrons. The molecule has 2 aromatic rings. The Hall–Kier alpha value is -2.07. The van der Waals surface area contributed by atoms with Gasteiger partial charge in [0, 0.05) is 29.5 Å².